The van der Waals surface area contributed by atoms with Crippen LogP contribution in [-0.4, -0.2) is 18.1 Å². The van der Waals surface area contributed by atoms with Crippen molar-refractivity contribution in [1.82, 2.24) is 4.98 Å². The molecule has 0 aliphatic rings. The van der Waals surface area contributed by atoms with Gasteiger partial charge in [-0.15, -0.1) is 0 Å². The van der Waals surface area contributed by atoms with Crippen molar-refractivity contribution in [2.75, 3.05) is 12.4 Å². The van der Waals surface area contributed by atoms with Gasteiger partial charge in [-0.25, -0.2) is 4.79 Å². The van der Waals surface area contributed by atoms with Gasteiger partial charge >= 0.3 is 5.97 Å². The lowest BCUT2D eigenvalue weighted by Gasteiger charge is -2.10. The van der Waals surface area contributed by atoms with E-state index in [9.17, 15) is 4.79 Å². The van der Waals surface area contributed by atoms with Gasteiger partial charge in [-0.3, -0.25) is 4.98 Å². The highest BCUT2D eigenvalue weighted by molar-refractivity contribution is 9.10. The molecule has 0 spiro atoms. The van der Waals surface area contributed by atoms with Crippen molar-refractivity contribution < 1.29 is 9.53 Å². The summed E-state index contributed by atoms with van der Waals surface area (Å²) in [4.78, 5) is 15.8. The summed E-state index contributed by atoms with van der Waals surface area (Å²) in [5, 5.41) is 4.37. The Balaban J connectivity index is 1.91. The van der Waals surface area contributed by atoms with Crippen LogP contribution in [0.1, 0.15) is 10.4 Å². The second-order valence-electron chi connectivity index (χ2n) is 4.71. The van der Waals surface area contributed by atoms with Crippen molar-refractivity contribution in [3.05, 3.63) is 64.8 Å². The molecule has 0 aliphatic heterocycles. The largest absolute Gasteiger partial charge is 0.465 e. The number of rotatable bonds is 3. The Morgan fingerprint density at radius 3 is 2.64 bits per heavy atom. The predicted octanol–water partition coefficient (Wildman–Crippen LogP) is 4.53. The van der Waals surface area contributed by atoms with Gasteiger partial charge < -0.3 is 10.1 Å². The highest BCUT2D eigenvalue weighted by Crippen LogP contribution is 2.27. The van der Waals surface area contributed by atoms with Crippen molar-refractivity contribution in [2.45, 2.75) is 0 Å². The van der Waals surface area contributed by atoms with Crippen LogP contribution in [0.5, 0.6) is 0 Å². The number of nitrogens with one attached hydrogen (secondary N) is 1. The molecule has 110 valence electrons. The van der Waals surface area contributed by atoms with Crippen molar-refractivity contribution in [1.29, 1.82) is 0 Å². The van der Waals surface area contributed by atoms with Crippen LogP contribution < -0.4 is 5.32 Å². The van der Waals surface area contributed by atoms with Crippen LogP contribution in [-0.2, 0) is 4.74 Å². The maximum absolute atomic E-state index is 11.4. The van der Waals surface area contributed by atoms with E-state index in [1.54, 1.807) is 18.3 Å². The number of benzene rings is 2. The van der Waals surface area contributed by atoms with Gasteiger partial charge in [0, 0.05) is 27.4 Å². The minimum atomic E-state index is -0.342. The molecule has 0 saturated heterocycles. The summed E-state index contributed by atoms with van der Waals surface area (Å²) in [7, 11) is 1.37. The minimum Gasteiger partial charge on any atom is -0.465 e. The predicted molar refractivity (Wildman–Crippen MR) is 90.5 cm³/mol. The highest BCUT2D eigenvalue weighted by atomic mass is 79.9. The molecule has 0 fully saturated rings. The zero-order valence-electron chi connectivity index (χ0n) is 11.8. The number of hydrogen-bond donors (Lipinski definition) is 1. The molecule has 4 nitrogen and oxygen atoms in total. The molecular weight excluding hydrogens is 344 g/mol. The van der Waals surface area contributed by atoms with E-state index in [4.69, 9.17) is 4.74 Å². The number of fused-ring (bicyclic) bond motifs is 1. The van der Waals surface area contributed by atoms with Crippen molar-refractivity contribution >= 4 is 44.2 Å². The Labute approximate surface area is 136 Å². The fourth-order valence-electron chi connectivity index (χ4n) is 2.19. The first-order valence-electron chi connectivity index (χ1n) is 6.67. The smallest absolute Gasteiger partial charge is 0.337 e. The molecule has 1 heterocycles. The van der Waals surface area contributed by atoms with E-state index < -0.39 is 0 Å². The fourth-order valence-corrected chi connectivity index (χ4v) is 2.54. The van der Waals surface area contributed by atoms with E-state index >= 15 is 0 Å². The molecule has 2 aromatic carbocycles. The molecular formula is C17H13BrN2O2. The van der Waals surface area contributed by atoms with Gasteiger partial charge in [0.05, 0.1) is 18.2 Å². The topological polar surface area (TPSA) is 51.2 Å². The van der Waals surface area contributed by atoms with Gasteiger partial charge in [0.1, 0.15) is 0 Å². The zero-order chi connectivity index (χ0) is 15.5. The third kappa shape index (κ3) is 2.94. The summed E-state index contributed by atoms with van der Waals surface area (Å²) >= 11 is 3.45. The molecule has 0 aliphatic carbocycles. The molecule has 0 atom stereocenters. The number of anilines is 2. The van der Waals surface area contributed by atoms with Crippen LogP contribution in [0.15, 0.2) is 59.2 Å². The molecule has 0 amide bonds. The average Bonchev–Trinajstić information content (AvgIpc) is 2.55. The van der Waals surface area contributed by atoms with E-state index in [-0.39, 0.29) is 5.97 Å². The first kappa shape index (κ1) is 14.5. The molecule has 0 saturated carbocycles. The molecule has 3 aromatic rings. The summed E-state index contributed by atoms with van der Waals surface area (Å²) in [6, 6.07) is 15.0. The van der Waals surface area contributed by atoms with Crippen molar-refractivity contribution in [3.63, 3.8) is 0 Å². The minimum absolute atomic E-state index is 0.342. The number of pyridine rings is 1. The molecule has 1 N–H and O–H groups in total. The standard InChI is InChI=1S/C17H13BrN2O2/c1-22-17(21)11-2-5-13(6-3-11)20-15-8-9-19-16-10-12(18)4-7-14(15)16/h2-10H,1H3,(H,19,20). The summed E-state index contributed by atoms with van der Waals surface area (Å²) < 4.78 is 5.68. The number of aromatic nitrogens is 1. The average molecular weight is 357 g/mol. The summed E-state index contributed by atoms with van der Waals surface area (Å²) in [6.07, 6.45) is 1.76. The molecule has 0 bridgehead atoms. The summed E-state index contributed by atoms with van der Waals surface area (Å²) in [6.45, 7) is 0. The van der Waals surface area contributed by atoms with Crippen LogP contribution >= 0.6 is 15.9 Å². The van der Waals surface area contributed by atoms with Gasteiger partial charge in [0.15, 0.2) is 0 Å². The molecule has 0 unspecified atom stereocenters. The Bertz CT molecular complexity index is 832. The highest BCUT2D eigenvalue weighted by Gasteiger charge is 2.06. The number of hydrogen-bond acceptors (Lipinski definition) is 4. The number of carbonyl (C=O) groups excluding carboxylic acids is 1. The number of nitrogens with zero attached hydrogens (tertiary/aromatic N) is 1. The number of carbonyl (C=O) groups is 1. The maximum Gasteiger partial charge on any atom is 0.337 e. The van der Waals surface area contributed by atoms with Gasteiger partial charge in [-0.2, -0.15) is 0 Å². The number of ether oxygens (including phenoxy) is 1. The van der Waals surface area contributed by atoms with Crippen LogP contribution in [0.3, 0.4) is 0 Å². The normalized spacial score (nSPS) is 10.5. The van der Waals surface area contributed by atoms with Crippen LogP contribution in [0.2, 0.25) is 0 Å². The lowest BCUT2D eigenvalue weighted by Crippen LogP contribution is -2.01. The number of methoxy groups -OCH3 is 1. The number of halogens is 1. The zero-order valence-corrected chi connectivity index (χ0v) is 13.4. The van der Waals surface area contributed by atoms with Gasteiger partial charge in [0.2, 0.25) is 0 Å². The van der Waals surface area contributed by atoms with Gasteiger partial charge in [0.25, 0.3) is 0 Å². The Hall–Kier alpha value is -2.40. The van der Waals surface area contributed by atoms with Crippen molar-refractivity contribution in [3.8, 4) is 0 Å². The van der Waals surface area contributed by atoms with E-state index in [0.29, 0.717) is 5.56 Å². The van der Waals surface area contributed by atoms with Gasteiger partial charge in [-0.05, 0) is 48.5 Å². The first-order valence-corrected chi connectivity index (χ1v) is 7.46. The van der Waals surface area contributed by atoms with Crippen LogP contribution in [0, 0.1) is 0 Å². The SMILES string of the molecule is COC(=O)c1ccc(Nc2ccnc3cc(Br)ccc23)cc1. The second-order valence-corrected chi connectivity index (χ2v) is 5.63. The fraction of sp³-hybridized carbons (Fsp3) is 0.0588. The molecule has 3 rings (SSSR count). The first-order chi connectivity index (χ1) is 10.7. The Morgan fingerprint density at radius 1 is 1.14 bits per heavy atom. The molecule has 5 heteroatoms. The van der Waals surface area contributed by atoms with Gasteiger partial charge in [-0.1, -0.05) is 15.9 Å². The third-order valence-corrected chi connectivity index (χ3v) is 3.78. The quantitative estimate of drug-likeness (QED) is 0.700. The van der Waals surface area contributed by atoms with E-state index in [1.165, 1.54) is 7.11 Å². The maximum atomic E-state index is 11.4. The lowest BCUT2D eigenvalue weighted by molar-refractivity contribution is 0.0601. The Morgan fingerprint density at radius 2 is 1.91 bits per heavy atom. The third-order valence-electron chi connectivity index (χ3n) is 3.29. The molecule has 0 radical (unpaired) electrons. The Kier molecular flexibility index (Phi) is 4.06. The molecule has 22 heavy (non-hydrogen) atoms. The second kappa shape index (κ2) is 6.15. The lowest BCUT2D eigenvalue weighted by atomic mass is 10.1. The van der Waals surface area contributed by atoms with Crippen LogP contribution in [0.4, 0.5) is 11.4 Å². The van der Waals surface area contributed by atoms with E-state index in [2.05, 4.69) is 26.2 Å². The van der Waals surface area contributed by atoms with Crippen LogP contribution in [0.25, 0.3) is 10.9 Å². The van der Waals surface area contributed by atoms with Crippen molar-refractivity contribution in [2.24, 2.45) is 0 Å². The number of esters is 1. The summed E-state index contributed by atoms with van der Waals surface area (Å²) in [5.74, 6) is -0.342. The van der Waals surface area contributed by atoms with E-state index in [1.807, 2.05) is 36.4 Å². The molecule has 1 aromatic heterocycles. The monoisotopic (exact) mass is 356 g/mol. The summed E-state index contributed by atoms with van der Waals surface area (Å²) in [5.41, 5.74) is 3.29. The van der Waals surface area contributed by atoms with E-state index in [0.717, 1.165) is 26.8 Å².